The van der Waals surface area contributed by atoms with E-state index < -0.39 is 9.84 Å². The smallest absolute Gasteiger partial charge is 0.251 e. The molecule has 0 radical (unpaired) electrons. The molecule has 0 fully saturated rings. The van der Waals surface area contributed by atoms with E-state index >= 15 is 0 Å². The van der Waals surface area contributed by atoms with E-state index in [1.54, 1.807) is 12.1 Å². The lowest BCUT2D eigenvalue weighted by Gasteiger charge is -2.11. The zero-order valence-electron chi connectivity index (χ0n) is 11.0. The molecule has 4 nitrogen and oxygen atoms in total. The van der Waals surface area contributed by atoms with E-state index in [0.717, 1.165) is 18.0 Å². The molecule has 0 saturated heterocycles. The molecule has 1 aromatic carbocycles. The van der Waals surface area contributed by atoms with Crippen molar-refractivity contribution in [1.29, 1.82) is 0 Å². The predicted molar refractivity (Wildman–Crippen MR) is 79.5 cm³/mol. The number of nitrogens with one attached hydrogen (secondary N) is 1. The largest absolute Gasteiger partial charge is 0.352 e. The third kappa shape index (κ3) is 5.32. The Morgan fingerprint density at radius 3 is 2.68 bits per heavy atom. The first-order chi connectivity index (χ1) is 8.84. The van der Waals surface area contributed by atoms with Crippen molar-refractivity contribution in [3.05, 3.63) is 29.8 Å². The molecule has 1 aromatic rings. The highest BCUT2D eigenvalue weighted by atomic mass is 79.9. The van der Waals surface area contributed by atoms with Gasteiger partial charge in [-0.25, -0.2) is 8.42 Å². The van der Waals surface area contributed by atoms with Crippen LogP contribution in [-0.4, -0.2) is 32.5 Å². The fraction of sp³-hybridized carbons (Fsp3) is 0.462. The highest BCUT2D eigenvalue weighted by Crippen LogP contribution is 2.11. The van der Waals surface area contributed by atoms with Crippen molar-refractivity contribution in [2.24, 2.45) is 5.92 Å². The Bertz CT molecular complexity index is 543. The van der Waals surface area contributed by atoms with Gasteiger partial charge in [0.15, 0.2) is 9.84 Å². The van der Waals surface area contributed by atoms with E-state index in [4.69, 9.17) is 0 Å². The summed E-state index contributed by atoms with van der Waals surface area (Å²) in [5, 5.41) is 3.70. The molecule has 1 amide bonds. The molecule has 1 N–H and O–H groups in total. The van der Waals surface area contributed by atoms with Crippen LogP contribution in [0.25, 0.3) is 0 Å². The molecule has 6 heteroatoms. The van der Waals surface area contributed by atoms with Gasteiger partial charge in [-0.3, -0.25) is 4.79 Å². The number of rotatable bonds is 6. The van der Waals surface area contributed by atoms with Gasteiger partial charge in [0.05, 0.1) is 4.90 Å². The van der Waals surface area contributed by atoms with Crippen molar-refractivity contribution in [3.8, 4) is 0 Å². The quantitative estimate of drug-likeness (QED) is 0.802. The summed E-state index contributed by atoms with van der Waals surface area (Å²) in [6.07, 6.45) is 2.10. The van der Waals surface area contributed by atoms with Crippen molar-refractivity contribution in [2.75, 3.05) is 18.1 Å². The summed E-state index contributed by atoms with van der Waals surface area (Å²) >= 11 is 3.35. The van der Waals surface area contributed by atoms with Gasteiger partial charge in [-0.15, -0.1) is 0 Å². The number of carbonyl (C=O) groups is 1. The van der Waals surface area contributed by atoms with Crippen molar-refractivity contribution >= 4 is 31.7 Å². The first kappa shape index (κ1) is 16.2. The maximum Gasteiger partial charge on any atom is 0.251 e. The Hall–Kier alpha value is -0.880. The van der Waals surface area contributed by atoms with Crippen LogP contribution in [0.5, 0.6) is 0 Å². The average molecular weight is 348 g/mol. The summed E-state index contributed by atoms with van der Waals surface area (Å²) in [7, 11) is -3.28. The van der Waals surface area contributed by atoms with Gasteiger partial charge in [0.25, 0.3) is 5.91 Å². The summed E-state index contributed by atoms with van der Waals surface area (Å²) in [6.45, 7) is 2.63. The number of carbonyl (C=O) groups excluding carboxylic acids is 1. The molecule has 0 aromatic heterocycles. The van der Waals surface area contributed by atoms with Crippen molar-refractivity contribution < 1.29 is 13.2 Å². The zero-order chi connectivity index (χ0) is 14.5. The average Bonchev–Trinajstić information content (AvgIpc) is 2.35. The van der Waals surface area contributed by atoms with Gasteiger partial charge in [0.1, 0.15) is 0 Å². The van der Waals surface area contributed by atoms with Gasteiger partial charge in [-0.1, -0.05) is 28.9 Å². The summed E-state index contributed by atoms with van der Waals surface area (Å²) in [6, 6.07) is 6.08. The van der Waals surface area contributed by atoms with Gasteiger partial charge in [-0.05, 0) is 30.5 Å². The molecule has 19 heavy (non-hydrogen) atoms. The number of hydrogen-bond acceptors (Lipinski definition) is 3. The van der Waals surface area contributed by atoms with Gasteiger partial charge >= 0.3 is 0 Å². The van der Waals surface area contributed by atoms with Crippen LogP contribution in [0.15, 0.2) is 29.2 Å². The molecule has 0 aliphatic carbocycles. The monoisotopic (exact) mass is 347 g/mol. The van der Waals surface area contributed by atoms with Crippen molar-refractivity contribution in [3.63, 3.8) is 0 Å². The minimum Gasteiger partial charge on any atom is -0.352 e. The van der Waals surface area contributed by atoms with Gasteiger partial charge in [0, 0.05) is 23.7 Å². The van der Waals surface area contributed by atoms with E-state index in [1.807, 2.05) is 0 Å². The molecule has 106 valence electrons. The Kier molecular flexibility index (Phi) is 6.00. The second-order valence-corrected chi connectivity index (χ2v) is 7.40. The SMILES string of the molecule is CC(CCBr)CNC(=O)c1cccc(S(C)(=O)=O)c1. The molecule has 0 heterocycles. The molecular formula is C13H18BrNO3S. The summed E-state index contributed by atoms with van der Waals surface area (Å²) in [5.41, 5.74) is 0.369. The number of amides is 1. The Labute approximate surface area is 122 Å². The normalized spacial score (nSPS) is 13.0. The highest BCUT2D eigenvalue weighted by Gasteiger charge is 2.12. The van der Waals surface area contributed by atoms with Crippen LogP contribution in [0.4, 0.5) is 0 Å². The fourth-order valence-corrected chi connectivity index (χ4v) is 2.97. The van der Waals surface area contributed by atoms with Crippen molar-refractivity contribution in [1.82, 2.24) is 5.32 Å². The maximum atomic E-state index is 11.9. The van der Waals surface area contributed by atoms with Gasteiger partial charge in [-0.2, -0.15) is 0 Å². The van der Waals surface area contributed by atoms with E-state index in [1.165, 1.54) is 12.1 Å². The van der Waals surface area contributed by atoms with Gasteiger partial charge in [0.2, 0.25) is 0 Å². The predicted octanol–water partition coefficient (Wildman–Crippen LogP) is 2.24. The van der Waals surface area contributed by atoms with Crippen LogP contribution in [0.1, 0.15) is 23.7 Å². The summed E-state index contributed by atoms with van der Waals surface area (Å²) in [4.78, 5) is 12.1. The number of benzene rings is 1. The maximum absolute atomic E-state index is 11.9. The van der Waals surface area contributed by atoms with Gasteiger partial charge < -0.3 is 5.32 Å². The van der Waals surface area contributed by atoms with E-state index in [0.29, 0.717) is 18.0 Å². The lowest BCUT2D eigenvalue weighted by atomic mass is 10.1. The van der Waals surface area contributed by atoms with Crippen LogP contribution in [0, 0.1) is 5.92 Å². The van der Waals surface area contributed by atoms with Crippen molar-refractivity contribution in [2.45, 2.75) is 18.2 Å². The third-order valence-electron chi connectivity index (χ3n) is 2.74. The number of alkyl halides is 1. The first-order valence-electron chi connectivity index (χ1n) is 5.99. The lowest BCUT2D eigenvalue weighted by Crippen LogP contribution is -2.28. The topological polar surface area (TPSA) is 63.2 Å². The second kappa shape index (κ2) is 7.05. The number of halogens is 1. The summed E-state index contributed by atoms with van der Waals surface area (Å²) < 4.78 is 22.8. The zero-order valence-corrected chi connectivity index (χ0v) is 13.4. The van der Waals surface area contributed by atoms with Crippen LogP contribution < -0.4 is 5.32 Å². The molecule has 0 spiro atoms. The minimum atomic E-state index is -3.28. The Morgan fingerprint density at radius 2 is 2.11 bits per heavy atom. The summed E-state index contributed by atoms with van der Waals surface area (Å²) in [5.74, 6) is 0.133. The second-order valence-electron chi connectivity index (χ2n) is 4.59. The Balaban J connectivity index is 2.73. The molecule has 1 unspecified atom stereocenters. The van der Waals surface area contributed by atoms with E-state index in [9.17, 15) is 13.2 Å². The fourth-order valence-electron chi connectivity index (χ4n) is 1.53. The first-order valence-corrected chi connectivity index (χ1v) is 9.00. The molecule has 1 atom stereocenters. The molecule has 1 rings (SSSR count). The van der Waals surface area contributed by atoms with E-state index in [2.05, 4.69) is 28.2 Å². The molecule has 0 saturated carbocycles. The Morgan fingerprint density at radius 1 is 1.42 bits per heavy atom. The van der Waals surface area contributed by atoms with Crippen LogP contribution in [0.3, 0.4) is 0 Å². The molecule has 0 aliphatic rings. The lowest BCUT2D eigenvalue weighted by molar-refractivity contribution is 0.0947. The number of sulfone groups is 1. The molecular weight excluding hydrogens is 330 g/mol. The van der Waals surface area contributed by atoms with Crippen LogP contribution in [-0.2, 0) is 9.84 Å². The highest BCUT2D eigenvalue weighted by molar-refractivity contribution is 9.09. The van der Waals surface area contributed by atoms with Crippen LogP contribution in [0.2, 0.25) is 0 Å². The van der Waals surface area contributed by atoms with Crippen LogP contribution >= 0.6 is 15.9 Å². The number of hydrogen-bond donors (Lipinski definition) is 1. The minimum absolute atomic E-state index is 0.161. The molecule has 0 bridgehead atoms. The standard InChI is InChI=1S/C13H18BrNO3S/c1-10(6-7-14)9-15-13(16)11-4-3-5-12(8-11)19(2,17)18/h3-5,8,10H,6-7,9H2,1-2H3,(H,15,16). The molecule has 0 aliphatic heterocycles. The van der Waals surface area contributed by atoms with E-state index in [-0.39, 0.29) is 10.8 Å². The third-order valence-corrected chi connectivity index (χ3v) is 4.31.